The quantitative estimate of drug-likeness (QED) is 0.417. The summed E-state index contributed by atoms with van der Waals surface area (Å²) in [7, 11) is 1.59. The van der Waals surface area contributed by atoms with Crippen LogP contribution in [0.3, 0.4) is 0 Å². The standard InChI is InChI=1S/C25H19ClN4O3/c1-33-19-12-10-18(11-13-19)27-23(31)15-29-21-4-2-3-5-22(21)30-24(32)14-20(28-25(29)30)16-6-8-17(26)9-7-16/h2-14H,15H2,1H3,(H,27,31). The predicted octanol–water partition coefficient (Wildman–Crippen LogP) is 4.62. The number of para-hydroxylation sites is 2. The van der Waals surface area contributed by atoms with Gasteiger partial charge in [-0.25, -0.2) is 9.38 Å². The Labute approximate surface area is 193 Å². The first kappa shape index (κ1) is 20.8. The highest BCUT2D eigenvalue weighted by Gasteiger charge is 2.17. The van der Waals surface area contributed by atoms with E-state index in [1.54, 1.807) is 48.1 Å². The van der Waals surface area contributed by atoms with Crippen molar-refractivity contribution in [3.63, 3.8) is 0 Å². The first-order valence-corrected chi connectivity index (χ1v) is 10.6. The molecule has 33 heavy (non-hydrogen) atoms. The molecule has 0 fully saturated rings. The van der Waals surface area contributed by atoms with Gasteiger partial charge in [-0.3, -0.25) is 9.59 Å². The summed E-state index contributed by atoms with van der Waals surface area (Å²) in [6.45, 7) is -0.0143. The predicted molar refractivity (Wildman–Crippen MR) is 129 cm³/mol. The van der Waals surface area contributed by atoms with Gasteiger partial charge in [0.15, 0.2) is 0 Å². The first-order chi connectivity index (χ1) is 16.0. The molecule has 0 spiro atoms. The molecular formula is C25H19ClN4O3. The first-order valence-electron chi connectivity index (χ1n) is 10.2. The molecule has 8 heteroatoms. The van der Waals surface area contributed by atoms with Crippen LogP contribution in [0, 0.1) is 0 Å². The van der Waals surface area contributed by atoms with Crippen LogP contribution in [-0.2, 0) is 11.3 Å². The number of hydrogen-bond donors (Lipinski definition) is 1. The van der Waals surface area contributed by atoms with Crippen molar-refractivity contribution in [1.29, 1.82) is 0 Å². The van der Waals surface area contributed by atoms with Gasteiger partial charge in [0.2, 0.25) is 11.7 Å². The van der Waals surface area contributed by atoms with Crippen LogP contribution in [0.5, 0.6) is 5.75 Å². The van der Waals surface area contributed by atoms with Crippen molar-refractivity contribution < 1.29 is 9.53 Å². The lowest BCUT2D eigenvalue weighted by atomic mass is 10.1. The molecule has 164 valence electrons. The second kappa shape index (κ2) is 8.44. The van der Waals surface area contributed by atoms with Crippen molar-refractivity contribution in [3.8, 4) is 17.0 Å². The molecule has 3 aromatic carbocycles. The molecule has 1 amide bonds. The Morgan fingerprint density at radius 2 is 1.70 bits per heavy atom. The molecule has 0 aliphatic carbocycles. The monoisotopic (exact) mass is 458 g/mol. The van der Waals surface area contributed by atoms with Gasteiger partial charge in [-0.05, 0) is 48.5 Å². The maximum Gasteiger partial charge on any atom is 0.260 e. The Hall–Kier alpha value is -4.10. The van der Waals surface area contributed by atoms with E-state index in [1.807, 2.05) is 36.4 Å². The number of aromatic nitrogens is 3. The number of anilines is 1. The number of amides is 1. The highest BCUT2D eigenvalue weighted by molar-refractivity contribution is 6.30. The Morgan fingerprint density at radius 3 is 2.39 bits per heavy atom. The number of benzene rings is 3. The minimum absolute atomic E-state index is 0.0143. The van der Waals surface area contributed by atoms with Crippen LogP contribution in [0.2, 0.25) is 5.02 Å². The van der Waals surface area contributed by atoms with E-state index >= 15 is 0 Å². The van der Waals surface area contributed by atoms with Crippen LogP contribution in [0.1, 0.15) is 0 Å². The molecule has 0 unspecified atom stereocenters. The lowest BCUT2D eigenvalue weighted by molar-refractivity contribution is -0.116. The number of nitrogens with zero attached hydrogens (tertiary/aromatic N) is 3. The number of ether oxygens (including phenoxy) is 1. The van der Waals surface area contributed by atoms with Crippen molar-refractivity contribution >= 4 is 40.0 Å². The Kier molecular flexibility index (Phi) is 5.32. The minimum Gasteiger partial charge on any atom is -0.497 e. The fraction of sp³-hybridized carbons (Fsp3) is 0.0800. The van der Waals surface area contributed by atoms with E-state index in [4.69, 9.17) is 21.3 Å². The Morgan fingerprint density at radius 1 is 1.00 bits per heavy atom. The molecule has 0 aliphatic rings. The molecular weight excluding hydrogens is 440 g/mol. The molecule has 0 bridgehead atoms. The van der Waals surface area contributed by atoms with Gasteiger partial charge in [0.05, 0.1) is 23.8 Å². The van der Waals surface area contributed by atoms with E-state index < -0.39 is 0 Å². The molecule has 2 heterocycles. The number of methoxy groups -OCH3 is 1. The molecule has 5 aromatic rings. The minimum atomic E-state index is -0.241. The number of fused-ring (bicyclic) bond motifs is 3. The third kappa shape index (κ3) is 3.94. The highest BCUT2D eigenvalue weighted by atomic mass is 35.5. The number of hydrogen-bond acceptors (Lipinski definition) is 4. The summed E-state index contributed by atoms with van der Waals surface area (Å²) in [5, 5.41) is 3.48. The maximum atomic E-state index is 13.1. The van der Waals surface area contributed by atoms with Crippen molar-refractivity contribution in [3.05, 3.63) is 94.2 Å². The van der Waals surface area contributed by atoms with E-state index in [2.05, 4.69) is 5.32 Å². The topological polar surface area (TPSA) is 77.6 Å². The van der Waals surface area contributed by atoms with Crippen LogP contribution in [0.4, 0.5) is 5.69 Å². The van der Waals surface area contributed by atoms with Crippen molar-refractivity contribution in [1.82, 2.24) is 14.0 Å². The summed E-state index contributed by atoms with van der Waals surface area (Å²) in [4.78, 5) is 30.7. The van der Waals surface area contributed by atoms with Gasteiger partial charge >= 0.3 is 0 Å². The lowest BCUT2D eigenvalue weighted by Gasteiger charge is -2.09. The summed E-state index contributed by atoms with van der Waals surface area (Å²) >= 11 is 6.00. The third-order valence-corrected chi connectivity index (χ3v) is 5.62. The largest absolute Gasteiger partial charge is 0.497 e. The number of rotatable bonds is 5. The molecule has 0 radical (unpaired) electrons. The van der Waals surface area contributed by atoms with Gasteiger partial charge in [0, 0.05) is 22.3 Å². The summed E-state index contributed by atoms with van der Waals surface area (Å²) in [5.41, 5.74) is 3.11. The van der Waals surface area contributed by atoms with E-state index in [1.165, 1.54) is 10.5 Å². The number of nitrogens with one attached hydrogen (secondary N) is 1. The van der Waals surface area contributed by atoms with Crippen LogP contribution >= 0.6 is 11.6 Å². The molecule has 0 aliphatic heterocycles. The number of carbonyl (C=O) groups excluding carboxylic acids is 1. The normalized spacial score (nSPS) is 11.1. The van der Waals surface area contributed by atoms with Crippen LogP contribution in [-0.4, -0.2) is 27.0 Å². The zero-order valence-electron chi connectivity index (χ0n) is 17.7. The average Bonchev–Trinajstić information content (AvgIpc) is 3.14. The fourth-order valence-corrected chi connectivity index (χ4v) is 3.94. The summed E-state index contributed by atoms with van der Waals surface area (Å²) in [6.07, 6.45) is 0. The summed E-state index contributed by atoms with van der Waals surface area (Å²) in [5.74, 6) is 0.849. The molecule has 0 saturated carbocycles. The average molecular weight is 459 g/mol. The van der Waals surface area contributed by atoms with E-state index in [0.29, 0.717) is 33.4 Å². The van der Waals surface area contributed by atoms with E-state index in [-0.39, 0.29) is 18.0 Å². The number of imidazole rings is 1. The molecule has 1 N–H and O–H groups in total. The Balaban J connectivity index is 1.59. The molecule has 5 rings (SSSR count). The van der Waals surface area contributed by atoms with Crippen LogP contribution in [0.25, 0.3) is 28.1 Å². The number of halogens is 1. The van der Waals surface area contributed by atoms with Gasteiger partial charge in [0.25, 0.3) is 5.56 Å². The van der Waals surface area contributed by atoms with Gasteiger partial charge in [-0.2, -0.15) is 0 Å². The van der Waals surface area contributed by atoms with E-state index in [0.717, 1.165) is 11.1 Å². The van der Waals surface area contributed by atoms with Crippen molar-refractivity contribution in [2.75, 3.05) is 12.4 Å². The summed E-state index contributed by atoms with van der Waals surface area (Å²) < 4.78 is 8.42. The molecule has 0 saturated heterocycles. The lowest BCUT2D eigenvalue weighted by Crippen LogP contribution is -2.20. The highest BCUT2D eigenvalue weighted by Crippen LogP contribution is 2.23. The SMILES string of the molecule is COc1ccc(NC(=O)Cn2c3ccccc3n3c(=O)cc(-c4ccc(Cl)cc4)nc23)cc1. The fourth-order valence-electron chi connectivity index (χ4n) is 3.81. The third-order valence-electron chi connectivity index (χ3n) is 5.37. The van der Waals surface area contributed by atoms with Gasteiger partial charge in [-0.15, -0.1) is 0 Å². The van der Waals surface area contributed by atoms with Crippen LogP contribution < -0.4 is 15.6 Å². The Bertz CT molecular complexity index is 1540. The molecule has 7 nitrogen and oxygen atoms in total. The van der Waals surface area contributed by atoms with Gasteiger partial charge < -0.3 is 14.6 Å². The van der Waals surface area contributed by atoms with Crippen LogP contribution in [0.15, 0.2) is 83.7 Å². The summed E-state index contributed by atoms with van der Waals surface area (Å²) in [6, 6.07) is 23.1. The van der Waals surface area contributed by atoms with Gasteiger partial charge in [-0.1, -0.05) is 35.9 Å². The second-order valence-corrected chi connectivity index (χ2v) is 7.91. The van der Waals surface area contributed by atoms with Crippen molar-refractivity contribution in [2.45, 2.75) is 6.54 Å². The number of carbonyl (C=O) groups is 1. The zero-order valence-corrected chi connectivity index (χ0v) is 18.4. The van der Waals surface area contributed by atoms with Gasteiger partial charge in [0.1, 0.15) is 12.3 Å². The maximum absolute atomic E-state index is 13.1. The molecule has 2 aromatic heterocycles. The molecule has 0 atom stereocenters. The smallest absolute Gasteiger partial charge is 0.260 e. The second-order valence-electron chi connectivity index (χ2n) is 7.47. The van der Waals surface area contributed by atoms with E-state index in [9.17, 15) is 9.59 Å². The zero-order chi connectivity index (χ0) is 22.9. The van der Waals surface area contributed by atoms with Crippen molar-refractivity contribution in [2.24, 2.45) is 0 Å².